The maximum atomic E-state index is 14.4. The number of hydrogen-bond acceptors (Lipinski definition) is 5. The SMILES string of the molecule is C[C@@](NS(=O)C#N)(c1cc(Br)cs1)C(F)(F)C(=O)CC#N. The number of Topliss-reactive ketones (excluding diaryl/α,β-unsaturated/α-hetero) is 1. The Hall–Kier alpha value is -1.20. The summed E-state index contributed by atoms with van der Waals surface area (Å²) >= 11 is 4.01. The van der Waals surface area contributed by atoms with Crippen molar-refractivity contribution in [1.82, 2.24) is 4.72 Å². The second-order valence-electron chi connectivity index (χ2n) is 4.05. The molecule has 0 radical (unpaired) electrons. The molecular weight excluding hydrogens is 388 g/mol. The third-order valence-electron chi connectivity index (χ3n) is 2.66. The number of halogens is 3. The van der Waals surface area contributed by atoms with E-state index in [0.717, 1.165) is 18.3 Å². The first-order valence-corrected chi connectivity index (χ1v) is 8.13. The van der Waals surface area contributed by atoms with E-state index in [2.05, 4.69) is 15.9 Å². The van der Waals surface area contributed by atoms with E-state index in [0.29, 0.717) is 4.47 Å². The molecule has 0 amide bonds. The number of thiocyanates is 1. The zero-order valence-electron chi connectivity index (χ0n) is 10.5. The number of carbonyl (C=O) groups is 1. The summed E-state index contributed by atoms with van der Waals surface area (Å²) < 4.78 is 42.7. The fourth-order valence-electron chi connectivity index (χ4n) is 1.51. The Morgan fingerprint density at radius 2 is 2.19 bits per heavy atom. The molecule has 0 fully saturated rings. The van der Waals surface area contributed by atoms with E-state index in [9.17, 15) is 17.8 Å². The molecule has 1 rings (SSSR count). The van der Waals surface area contributed by atoms with Crippen LogP contribution in [-0.2, 0) is 21.3 Å². The number of alkyl halides is 2. The van der Waals surface area contributed by atoms with Gasteiger partial charge in [-0.2, -0.15) is 19.3 Å². The number of nitriles is 2. The van der Waals surface area contributed by atoms with Gasteiger partial charge < -0.3 is 0 Å². The molecule has 0 saturated heterocycles. The van der Waals surface area contributed by atoms with Crippen LogP contribution in [0.1, 0.15) is 18.2 Å². The predicted molar refractivity (Wildman–Crippen MR) is 76.4 cm³/mol. The maximum Gasteiger partial charge on any atom is 0.329 e. The zero-order chi connectivity index (χ0) is 16.3. The van der Waals surface area contributed by atoms with Crippen LogP contribution in [0.3, 0.4) is 0 Å². The van der Waals surface area contributed by atoms with E-state index in [1.165, 1.54) is 22.9 Å². The monoisotopic (exact) mass is 395 g/mol. The van der Waals surface area contributed by atoms with Crippen LogP contribution in [0.4, 0.5) is 8.78 Å². The van der Waals surface area contributed by atoms with Crippen LogP contribution >= 0.6 is 27.3 Å². The van der Waals surface area contributed by atoms with Crippen LogP contribution in [0, 0.1) is 22.0 Å². The highest BCUT2D eigenvalue weighted by Gasteiger charge is 2.58. The van der Waals surface area contributed by atoms with Crippen molar-refractivity contribution < 1.29 is 17.8 Å². The molecule has 112 valence electrons. The predicted octanol–water partition coefficient (Wildman–Crippen LogP) is 2.58. The molecule has 1 N–H and O–H groups in total. The molecular formula is C11H8BrF2N3O2S2. The van der Waals surface area contributed by atoms with E-state index < -0.39 is 34.7 Å². The number of nitrogens with zero attached hydrogens (tertiary/aromatic N) is 2. The molecule has 1 heterocycles. The Morgan fingerprint density at radius 1 is 1.57 bits per heavy atom. The highest BCUT2D eigenvalue weighted by Crippen LogP contribution is 2.42. The summed E-state index contributed by atoms with van der Waals surface area (Å²) in [7, 11) is -2.42. The van der Waals surface area contributed by atoms with Crippen LogP contribution in [0.5, 0.6) is 0 Å². The first kappa shape index (κ1) is 17.9. The minimum absolute atomic E-state index is 0.00858. The summed E-state index contributed by atoms with van der Waals surface area (Å²) in [6, 6.07) is 2.70. The van der Waals surface area contributed by atoms with Crippen molar-refractivity contribution in [3.63, 3.8) is 0 Å². The highest BCUT2D eigenvalue weighted by molar-refractivity contribution is 9.10. The molecule has 0 aliphatic carbocycles. The van der Waals surface area contributed by atoms with Gasteiger partial charge in [-0.05, 0) is 28.9 Å². The molecule has 1 aromatic heterocycles. The van der Waals surface area contributed by atoms with E-state index in [4.69, 9.17) is 10.5 Å². The van der Waals surface area contributed by atoms with Crippen molar-refractivity contribution in [1.29, 1.82) is 10.5 Å². The number of carbonyl (C=O) groups excluding carboxylic acids is 1. The Labute approximate surface area is 134 Å². The van der Waals surface area contributed by atoms with Gasteiger partial charge in [0, 0.05) is 14.7 Å². The minimum atomic E-state index is -4.01. The summed E-state index contributed by atoms with van der Waals surface area (Å²) in [5.41, 5.74) is -2.36. The second kappa shape index (κ2) is 6.71. The Morgan fingerprint density at radius 3 is 2.62 bits per heavy atom. The summed E-state index contributed by atoms with van der Waals surface area (Å²) in [6.45, 7) is 0.968. The van der Waals surface area contributed by atoms with Crippen molar-refractivity contribution in [2.24, 2.45) is 0 Å². The lowest BCUT2D eigenvalue weighted by Crippen LogP contribution is -2.57. The molecule has 0 aliphatic heterocycles. The number of hydrogen-bond donors (Lipinski definition) is 1. The van der Waals surface area contributed by atoms with Gasteiger partial charge in [0.1, 0.15) is 12.0 Å². The molecule has 1 unspecified atom stereocenters. The Kier molecular flexibility index (Phi) is 5.70. The van der Waals surface area contributed by atoms with Gasteiger partial charge in [0.2, 0.25) is 5.78 Å². The van der Waals surface area contributed by atoms with E-state index in [-0.39, 0.29) is 4.88 Å². The largest absolute Gasteiger partial charge is 0.329 e. The summed E-state index contributed by atoms with van der Waals surface area (Å²) in [4.78, 5) is 11.6. The van der Waals surface area contributed by atoms with E-state index in [1.54, 1.807) is 0 Å². The molecule has 5 nitrogen and oxygen atoms in total. The fourth-order valence-corrected chi connectivity index (χ4v) is 3.81. The Bertz CT molecular complexity index is 665. The third-order valence-corrected chi connectivity index (χ3v) is 5.33. The van der Waals surface area contributed by atoms with Crippen LogP contribution < -0.4 is 4.72 Å². The van der Waals surface area contributed by atoms with Crippen molar-refractivity contribution in [3.8, 4) is 11.5 Å². The van der Waals surface area contributed by atoms with Gasteiger partial charge in [0.05, 0.1) is 6.07 Å². The summed E-state index contributed by atoms with van der Waals surface area (Å²) in [5.74, 6) is -5.63. The van der Waals surface area contributed by atoms with Gasteiger partial charge in [-0.1, -0.05) is 0 Å². The molecule has 21 heavy (non-hydrogen) atoms. The summed E-state index contributed by atoms with van der Waals surface area (Å²) in [6.07, 6.45) is -0.990. The van der Waals surface area contributed by atoms with Crippen molar-refractivity contribution in [2.45, 2.75) is 24.8 Å². The van der Waals surface area contributed by atoms with Crippen molar-refractivity contribution in [2.75, 3.05) is 0 Å². The van der Waals surface area contributed by atoms with Gasteiger partial charge in [-0.25, -0.2) is 8.93 Å². The maximum absolute atomic E-state index is 14.4. The van der Waals surface area contributed by atoms with Crippen LogP contribution in [0.2, 0.25) is 0 Å². The third kappa shape index (κ3) is 3.52. The quantitative estimate of drug-likeness (QED) is 0.748. The molecule has 10 heteroatoms. The molecule has 0 aromatic carbocycles. The number of rotatable bonds is 6. The van der Waals surface area contributed by atoms with Crippen LogP contribution in [-0.4, -0.2) is 15.9 Å². The molecule has 0 spiro atoms. The molecule has 0 aliphatic rings. The van der Waals surface area contributed by atoms with Crippen molar-refractivity contribution in [3.05, 3.63) is 20.8 Å². The first-order valence-electron chi connectivity index (χ1n) is 5.31. The topological polar surface area (TPSA) is 93.8 Å². The Balaban J connectivity index is 3.38. The normalized spacial score (nSPS) is 15.5. The number of ketones is 1. The average molecular weight is 396 g/mol. The number of nitrogens with one attached hydrogen (secondary N) is 1. The van der Waals surface area contributed by atoms with Gasteiger partial charge in [0.15, 0.2) is 16.4 Å². The zero-order valence-corrected chi connectivity index (χ0v) is 13.7. The molecule has 2 atom stereocenters. The van der Waals surface area contributed by atoms with E-state index in [1.807, 2.05) is 4.72 Å². The van der Waals surface area contributed by atoms with Gasteiger partial charge >= 0.3 is 5.92 Å². The molecule has 1 aromatic rings. The van der Waals surface area contributed by atoms with E-state index >= 15 is 0 Å². The van der Waals surface area contributed by atoms with Crippen LogP contribution in [0.25, 0.3) is 0 Å². The van der Waals surface area contributed by atoms with Gasteiger partial charge in [0.25, 0.3) is 0 Å². The smallest absolute Gasteiger partial charge is 0.292 e. The first-order chi connectivity index (χ1) is 9.68. The summed E-state index contributed by atoms with van der Waals surface area (Å²) in [5, 5.41) is 19.8. The van der Waals surface area contributed by atoms with Gasteiger partial charge in [-0.15, -0.1) is 11.3 Å². The lowest BCUT2D eigenvalue weighted by atomic mass is 9.89. The second-order valence-corrected chi connectivity index (χ2v) is 6.80. The minimum Gasteiger partial charge on any atom is -0.292 e. The van der Waals surface area contributed by atoms with Crippen molar-refractivity contribution >= 4 is 44.0 Å². The standard InChI is InChI=1S/C11H8BrF2N3O2S2/c1-10(17-21(19)6-16,9-4-7(12)5-20-9)11(13,14)8(18)2-3-15/h4-5,17H,2H2,1H3/t10-,21?/m1/s1. The fraction of sp³-hybridized carbons (Fsp3) is 0.364. The van der Waals surface area contributed by atoms with Crippen LogP contribution in [0.15, 0.2) is 15.9 Å². The average Bonchev–Trinajstić information content (AvgIpc) is 2.85. The van der Waals surface area contributed by atoms with Gasteiger partial charge in [-0.3, -0.25) is 4.79 Å². The lowest BCUT2D eigenvalue weighted by Gasteiger charge is -2.34. The lowest BCUT2D eigenvalue weighted by molar-refractivity contribution is -0.153. The highest BCUT2D eigenvalue weighted by atomic mass is 79.9. The molecule has 0 saturated carbocycles. The number of thiophene rings is 1. The molecule has 0 bridgehead atoms.